The number of rotatable bonds is 3. The fourth-order valence-electron chi connectivity index (χ4n) is 1.89. The van der Waals surface area contributed by atoms with E-state index in [1.165, 1.54) is 0 Å². The van der Waals surface area contributed by atoms with Crippen LogP contribution < -0.4 is 0 Å². The summed E-state index contributed by atoms with van der Waals surface area (Å²) in [5.74, 6) is 0. The summed E-state index contributed by atoms with van der Waals surface area (Å²) >= 11 is 9.33. The summed E-state index contributed by atoms with van der Waals surface area (Å²) in [6.07, 6.45) is -0.0482. The lowest BCUT2D eigenvalue weighted by Gasteiger charge is -2.11. The highest BCUT2D eigenvalue weighted by atomic mass is 79.9. The van der Waals surface area contributed by atoms with Crippen molar-refractivity contribution in [3.63, 3.8) is 0 Å². The third kappa shape index (κ3) is 2.76. The van der Waals surface area contributed by atoms with Gasteiger partial charge in [-0.2, -0.15) is 5.10 Å². The number of nitrogens with zero attached hydrogens (tertiary/aromatic N) is 2. The summed E-state index contributed by atoms with van der Waals surface area (Å²) < 4.78 is 2.75. The van der Waals surface area contributed by atoms with Crippen LogP contribution in [0.5, 0.6) is 0 Å². The van der Waals surface area contributed by atoms with Gasteiger partial charge >= 0.3 is 0 Å². The van der Waals surface area contributed by atoms with Gasteiger partial charge in [0.2, 0.25) is 0 Å². The molecule has 5 heteroatoms. The van der Waals surface area contributed by atoms with E-state index in [9.17, 15) is 5.11 Å². The standard InChI is InChI=1S/C13H14BrClN2O/c1-8-13(14)11(17(2)16-8)7-12(18)9-3-5-10(15)6-4-9/h3-6,12,18H,7H2,1-2H3. The van der Waals surface area contributed by atoms with Crippen molar-refractivity contribution in [3.8, 4) is 0 Å². The number of halogens is 2. The monoisotopic (exact) mass is 328 g/mol. The molecule has 2 rings (SSSR count). The van der Waals surface area contributed by atoms with Gasteiger partial charge in [-0.05, 0) is 40.5 Å². The Labute approximate surface area is 120 Å². The Hall–Kier alpha value is -0.840. The van der Waals surface area contributed by atoms with E-state index in [1.54, 1.807) is 16.8 Å². The molecule has 0 saturated carbocycles. The number of aryl methyl sites for hydroxylation is 2. The second kappa shape index (κ2) is 5.43. The van der Waals surface area contributed by atoms with E-state index in [0.717, 1.165) is 21.4 Å². The fraction of sp³-hybridized carbons (Fsp3) is 0.308. The van der Waals surface area contributed by atoms with Crippen molar-refractivity contribution in [2.45, 2.75) is 19.4 Å². The third-order valence-corrected chi connectivity index (χ3v) is 4.19. The fourth-order valence-corrected chi connectivity index (χ4v) is 2.51. The van der Waals surface area contributed by atoms with Gasteiger partial charge in [-0.15, -0.1) is 0 Å². The number of hydrogen-bond donors (Lipinski definition) is 1. The molecular formula is C13H14BrClN2O. The second-order valence-corrected chi connectivity index (χ2v) is 5.47. The first-order valence-electron chi connectivity index (χ1n) is 5.60. The van der Waals surface area contributed by atoms with Crippen LogP contribution in [0.1, 0.15) is 23.1 Å². The lowest BCUT2D eigenvalue weighted by atomic mass is 10.0. The third-order valence-electron chi connectivity index (χ3n) is 2.90. The normalized spacial score (nSPS) is 12.7. The van der Waals surface area contributed by atoms with Crippen LogP contribution in [-0.4, -0.2) is 14.9 Å². The molecule has 1 heterocycles. The predicted molar refractivity (Wildman–Crippen MR) is 75.8 cm³/mol. The summed E-state index contributed by atoms with van der Waals surface area (Å²) in [6.45, 7) is 1.93. The molecule has 1 aromatic heterocycles. The Balaban J connectivity index is 2.21. The van der Waals surface area contributed by atoms with Crippen LogP contribution in [0, 0.1) is 6.92 Å². The first-order valence-corrected chi connectivity index (χ1v) is 6.77. The highest BCUT2D eigenvalue weighted by Crippen LogP contribution is 2.26. The van der Waals surface area contributed by atoms with Crippen molar-refractivity contribution >= 4 is 27.5 Å². The number of benzene rings is 1. The molecule has 0 radical (unpaired) electrons. The number of hydrogen-bond acceptors (Lipinski definition) is 2. The minimum Gasteiger partial charge on any atom is -0.388 e. The SMILES string of the molecule is Cc1nn(C)c(CC(O)c2ccc(Cl)cc2)c1Br. The largest absolute Gasteiger partial charge is 0.388 e. The van der Waals surface area contributed by atoms with Crippen molar-refractivity contribution in [2.24, 2.45) is 7.05 Å². The van der Waals surface area contributed by atoms with E-state index in [0.29, 0.717) is 11.4 Å². The Bertz CT molecular complexity index is 551. The van der Waals surface area contributed by atoms with Crippen LogP contribution in [-0.2, 0) is 13.5 Å². The number of aliphatic hydroxyl groups excluding tert-OH is 1. The highest BCUT2D eigenvalue weighted by molar-refractivity contribution is 9.10. The van der Waals surface area contributed by atoms with E-state index in [2.05, 4.69) is 21.0 Å². The number of aromatic nitrogens is 2. The first-order chi connectivity index (χ1) is 8.49. The molecule has 1 unspecified atom stereocenters. The summed E-state index contributed by atoms with van der Waals surface area (Å²) in [6, 6.07) is 7.24. The minimum atomic E-state index is -0.562. The summed E-state index contributed by atoms with van der Waals surface area (Å²) in [7, 11) is 1.88. The Morgan fingerprint density at radius 2 is 2.00 bits per heavy atom. The molecule has 0 aliphatic carbocycles. The second-order valence-electron chi connectivity index (χ2n) is 4.24. The zero-order valence-electron chi connectivity index (χ0n) is 10.2. The molecule has 0 spiro atoms. The summed E-state index contributed by atoms with van der Waals surface area (Å²) in [5.41, 5.74) is 2.76. The molecule has 0 bridgehead atoms. The highest BCUT2D eigenvalue weighted by Gasteiger charge is 2.16. The topological polar surface area (TPSA) is 38.0 Å². The van der Waals surface area contributed by atoms with Gasteiger partial charge in [-0.25, -0.2) is 0 Å². The van der Waals surface area contributed by atoms with Crippen LogP contribution >= 0.6 is 27.5 Å². The average Bonchev–Trinajstić information content (AvgIpc) is 2.57. The van der Waals surface area contributed by atoms with Gasteiger partial charge < -0.3 is 5.11 Å². The average molecular weight is 330 g/mol. The van der Waals surface area contributed by atoms with Crippen molar-refractivity contribution in [3.05, 3.63) is 50.7 Å². The van der Waals surface area contributed by atoms with Gasteiger partial charge in [0.1, 0.15) is 0 Å². The maximum Gasteiger partial charge on any atom is 0.0845 e. The van der Waals surface area contributed by atoms with E-state index in [-0.39, 0.29) is 0 Å². The molecule has 3 nitrogen and oxygen atoms in total. The molecule has 1 atom stereocenters. The summed E-state index contributed by atoms with van der Waals surface area (Å²) in [4.78, 5) is 0. The predicted octanol–water partition coefficient (Wildman–Crippen LogP) is 3.42. The van der Waals surface area contributed by atoms with Crippen LogP contribution in [0.2, 0.25) is 5.02 Å². The van der Waals surface area contributed by atoms with Gasteiger partial charge in [0.25, 0.3) is 0 Å². The van der Waals surface area contributed by atoms with Crippen LogP contribution in [0.3, 0.4) is 0 Å². The van der Waals surface area contributed by atoms with E-state index in [4.69, 9.17) is 11.6 Å². The molecule has 96 valence electrons. The smallest absolute Gasteiger partial charge is 0.0845 e. The quantitative estimate of drug-likeness (QED) is 0.937. The van der Waals surface area contributed by atoms with Gasteiger partial charge in [0.15, 0.2) is 0 Å². The molecule has 0 aliphatic heterocycles. The van der Waals surface area contributed by atoms with Gasteiger partial charge in [-0.1, -0.05) is 23.7 Å². The molecule has 0 fully saturated rings. The zero-order valence-corrected chi connectivity index (χ0v) is 12.5. The van der Waals surface area contributed by atoms with Crippen molar-refractivity contribution in [1.82, 2.24) is 9.78 Å². The Morgan fingerprint density at radius 3 is 2.50 bits per heavy atom. The van der Waals surface area contributed by atoms with Gasteiger partial charge in [0, 0.05) is 18.5 Å². The zero-order chi connectivity index (χ0) is 13.3. The lowest BCUT2D eigenvalue weighted by Crippen LogP contribution is -2.06. The van der Waals surface area contributed by atoms with Gasteiger partial charge in [-0.3, -0.25) is 4.68 Å². The first kappa shape index (κ1) is 13.6. The van der Waals surface area contributed by atoms with Crippen molar-refractivity contribution in [1.29, 1.82) is 0 Å². The molecule has 18 heavy (non-hydrogen) atoms. The molecule has 0 aliphatic rings. The maximum atomic E-state index is 10.2. The van der Waals surface area contributed by atoms with Crippen molar-refractivity contribution < 1.29 is 5.11 Å². The molecule has 0 saturated heterocycles. The van der Waals surface area contributed by atoms with E-state index in [1.807, 2.05) is 26.1 Å². The van der Waals surface area contributed by atoms with E-state index >= 15 is 0 Å². The molecule has 1 aromatic carbocycles. The summed E-state index contributed by atoms with van der Waals surface area (Å²) in [5, 5.41) is 15.2. The minimum absolute atomic E-state index is 0.513. The lowest BCUT2D eigenvalue weighted by molar-refractivity contribution is 0.175. The Kier molecular flexibility index (Phi) is 4.10. The van der Waals surface area contributed by atoms with Gasteiger partial charge in [0.05, 0.1) is 22.0 Å². The van der Waals surface area contributed by atoms with Crippen LogP contribution in [0.4, 0.5) is 0 Å². The molecule has 2 aromatic rings. The van der Waals surface area contributed by atoms with Crippen molar-refractivity contribution in [2.75, 3.05) is 0 Å². The molecule has 1 N–H and O–H groups in total. The van der Waals surface area contributed by atoms with E-state index < -0.39 is 6.10 Å². The maximum absolute atomic E-state index is 10.2. The van der Waals surface area contributed by atoms with Crippen LogP contribution in [0.15, 0.2) is 28.7 Å². The molecule has 0 amide bonds. The molecular weight excluding hydrogens is 316 g/mol. The van der Waals surface area contributed by atoms with Crippen LogP contribution in [0.25, 0.3) is 0 Å². The number of aliphatic hydroxyl groups is 1. The Morgan fingerprint density at radius 1 is 1.39 bits per heavy atom.